The van der Waals surface area contributed by atoms with Gasteiger partial charge in [-0.15, -0.1) is 12.4 Å². The van der Waals surface area contributed by atoms with Crippen molar-refractivity contribution in [2.75, 3.05) is 19.7 Å². The maximum atomic E-state index is 12.7. The van der Waals surface area contributed by atoms with Gasteiger partial charge < -0.3 is 15.8 Å². The van der Waals surface area contributed by atoms with E-state index < -0.39 is 37.3 Å². The molecule has 1 amide bonds. The maximum Gasteiger partial charge on any atom is 0.277 e. The minimum atomic E-state index is -3.16. The molecule has 0 aliphatic carbocycles. The Bertz CT molecular complexity index is 461. The number of carbonyl (C=O) groups is 1. The summed E-state index contributed by atoms with van der Waals surface area (Å²) in [5, 5.41) is 1.95. The van der Waals surface area contributed by atoms with Crippen molar-refractivity contribution in [3.8, 4) is 5.75 Å². The third kappa shape index (κ3) is 6.31. The summed E-state index contributed by atoms with van der Waals surface area (Å²) < 4.78 is 43.2. The van der Waals surface area contributed by atoms with E-state index in [9.17, 15) is 18.0 Å². The number of ether oxygens (including phenoxy) is 1. The highest BCUT2D eigenvalue weighted by molar-refractivity contribution is 6.32. The van der Waals surface area contributed by atoms with Crippen molar-refractivity contribution < 1.29 is 22.7 Å². The monoisotopic (exact) mass is 332 g/mol. The van der Waals surface area contributed by atoms with Crippen LogP contribution in [0.25, 0.3) is 0 Å². The normalized spacial score (nSPS) is 10.7. The number of amides is 1. The minimum absolute atomic E-state index is 0. The minimum Gasteiger partial charge on any atom is -0.482 e. The van der Waals surface area contributed by atoms with Gasteiger partial charge in [0.15, 0.2) is 6.61 Å². The number of benzene rings is 1. The Labute approximate surface area is 124 Å². The van der Waals surface area contributed by atoms with Crippen LogP contribution < -0.4 is 15.8 Å². The highest BCUT2D eigenvalue weighted by Crippen LogP contribution is 2.24. The first-order valence-electron chi connectivity index (χ1n) is 5.26. The topological polar surface area (TPSA) is 64.3 Å². The Morgan fingerprint density at radius 2 is 2.10 bits per heavy atom. The Hall–Kier alpha value is -1.18. The van der Waals surface area contributed by atoms with E-state index in [1.165, 1.54) is 6.07 Å². The van der Waals surface area contributed by atoms with Gasteiger partial charge >= 0.3 is 0 Å². The molecule has 1 rings (SSSR count). The van der Waals surface area contributed by atoms with E-state index >= 15 is 0 Å². The summed E-state index contributed by atoms with van der Waals surface area (Å²) in [6, 6.07) is 3.35. The van der Waals surface area contributed by atoms with Crippen molar-refractivity contribution in [3.05, 3.63) is 29.0 Å². The Balaban J connectivity index is 0.00000361. The number of nitrogens with one attached hydrogen (secondary N) is 1. The second-order valence-electron chi connectivity index (χ2n) is 3.70. The summed E-state index contributed by atoms with van der Waals surface area (Å²) in [5.41, 5.74) is 4.81. The first-order valence-corrected chi connectivity index (χ1v) is 5.64. The highest BCUT2D eigenvalue weighted by Gasteiger charge is 2.27. The molecule has 0 atom stereocenters. The van der Waals surface area contributed by atoms with Crippen LogP contribution in [0, 0.1) is 5.82 Å². The van der Waals surface area contributed by atoms with Crippen molar-refractivity contribution in [1.29, 1.82) is 0 Å². The molecule has 0 aromatic heterocycles. The lowest BCUT2D eigenvalue weighted by atomic mass is 10.3. The van der Waals surface area contributed by atoms with Gasteiger partial charge in [0, 0.05) is 0 Å². The molecule has 0 aliphatic rings. The second-order valence-corrected chi connectivity index (χ2v) is 4.11. The summed E-state index contributed by atoms with van der Waals surface area (Å²) in [7, 11) is 0. The van der Waals surface area contributed by atoms with E-state index in [1.54, 1.807) is 0 Å². The molecule has 0 saturated heterocycles. The van der Waals surface area contributed by atoms with Crippen LogP contribution in [-0.2, 0) is 4.79 Å². The van der Waals surface area contributed by atoms with Gasteiger partial charge in [0.2, 0.25) is 0 Å². The fraction of sp³-hybridized carbons (Fsp3) is 0.364. The number of hydrogen-bond acceptors (Lipinski definition) is 3. The van der Waals surface area contributed by atoms with Gasteiger partial charge in [-0.3, -0.25) is 4.79 Å². The van der Waals surface area contributed by atoms with E-state index in [0.717, 1.165) is 12.1 Å². The number of nitrogens with two attached hydrogens (primary N) is 1. The molecule has 1 aromatic rings. The SMILES string of the molecule is Cl.NCC(F)(F)CNC(=O)COc1ccc(F)cc1Cl. The highest BCUT2D eigenvalue weighted by atomic mass is 35.5. The lowest BCUT2D eigenvalue weighted by molar-refractivity contribution is -0.124. The van der Waals surface area contributed by atoms with Crippen LogP contribution >= 0.6 is 24.0 Å². The van der Waals surface area contributed by atoms with Gasteiger partial charge in [-0.05, 0) is 18.2 Å². The third-order valence-corrected chi connectivity index (χ3v) is 2.39. The lowest BCUT2D eigenvalue weighted by Crippen LogP contribution is -2.43. The summed E-state index contributed by atoms with van der Waals surface area (Å²) in [5.74, 6) is -4.38. The van der Waals surface area contributed by atoms with Crippen LogP contribution in [-0.4, -0.2) is 31.5 Å². The first kappa shape index (κ1) is 18.8. The average molecular weight is 333 g/mol. The van der Waals surface area contributed by atoms with Crippen molar-refractivity contribution in [1.82, 2.24) is 5.32 Å². The molecule has 0 saturated carbocycles. The quantitative estimate of drug-likeness (QED) is 0.837. The van der Waals surface area contributed by atoms with Gasteiger partial charge in [0.05, 0.1) is 18.1 Å². The van der Waals surface area contributed by atoms with E-state index in [-0.39, 0.29) is 23.2 Å². The summed E-state index contributed by atoms with van der Waals surface area (Å²) in [6.45, 7) is -2.24. The average Bonchev–Trinajstić information content (AvgIpc) is 2.35. The van der Waals surface area contributed by atoms with Gasteiger partial charge in [0.25, 0.3) is 11.8 Å². The maximum absolute atomic E-state index is 12.7. The molecule has 0 spiro atoms. The molecular formula is C11H13Cl2F3N2O2. The van der Waals surface area contributed by atoms with E-state index in [0.29, 0.717) is 0 Å². The fourth-order valence-electron chi connectivity index (χ4n) is 1.09. The molecule has 0 aliphatic heterocycles. The van der Waals surface area contributed by atoms with Crippen LogP contribution in [0.3, 0.4) is 0 Å². The van der Waals surface area contributed by atoms with Crippen LogP contribution in [0.15, 0.2) is 18.2 Å². The van der Waals surface area contributed by atoms with Crippen molar-refractivity contribution in [3.63, 3.8) is 0 Å². The van der Waals surface area contributed by atoms with Crippen molar-refractivity contribution >= 4 is 29.9 Å². The molecule has 0 unspecified atom stereocenters. The third-order valence-electron chi connectivity index (χ3n) is 2.10. The Kier molecular flexibility index (Phi) is 7.70. The zero-order valence-electron chi connectivity index (χ0n) is 10.2. The molecule has 0 radical (unpaired) electrons. The molecule has 20 heavy (non-hydrogen) atoms. The predicted octanol–water partition coefficient (Wildman–Crippen LogP) is 1.99. The zero-order valence-corrected chi connectivity index (χ0v) is 11.7. The zero-order chi connectivity index (χ0) is 14.5. The number of halogens is 5. The summed E-state index contributed by atoms with van der Waals surface area (Å²) in [6.07, 6.45) is 0. The van der Waals surface area contributed by atoms with Gasteiger partial charge in [-0.2, -0.15) is 0 Å². The fourth-order valence-corrected chi connectivity index (χ4v) is 1.31. The summed E-state index contributed by atoms with van der Waals surface area (Å²) >= 11 is 5.65. The predicted molar refractivity (Wildman–Crippen MR) is 71.2 cm³/mol. The lowest BCUT2D eigenvalue weighted by Gasteiger charge is -2.14. The van der Waals surface area contributed by atoms with Crippen LogP contribution in [0.5, 0.6) is 5.75 Å². The van der Waals surface area contributed by atoms with Crippen LogP contribution in [0.4, 0.5) is 13.2 Å². The smallest absolute Gasteiger partial charge is 0.277 e. The molecule has 4 nitrogen and oxygen atoms in total. The molecule has 0 heterocycles. The van der Waals surface area contributed by atoms with E-state index in [2.05, 4.69) is 0 Å². The van der Waals surface area contributed by atoms with Crippen molar-refractivity contribution in [2.45, 2.75) is 5.92 Å². The molecular weight excluding hydrogens is 320 g/mol. The Morgan fingerprint density at radius 3 is 2.65 bits per heavy atom. The summed E-state index contributed by atoms with van der Waals surface area (Å²) in [4.78, 5) is 11.2. The van der Waals surface area contributed by atoms with E-state index in [1.807, 2.05) is 5.32 Å². The standard InChI is InChI=1S/C11H12ClF3N2O2.ClH/c12-8-3-7(13)1-2-9(8)19-4-10(18)17-6-11(14,15)5-16;/h1-3H,4-6,16H2,(H,17,18);1H. The molecule has 114 valence electrons. The van der Waals surface area contributed by atoms with Gasteiger partial charge in [-0.1, -0.05) is 11.6 Å². The largest absolute Gasteiger partial charge is 0.482 e. The molecule has 9 heteroatoms. The first-order chi connectivity index (χ1) is 8.84. The molecule has 0 fully saturated rings. The molecule has 3 N–H and O–H groups in total. The van der Waals surface area contributed by atoms with Crippen molar-refractivity contribution in [2.24, 2.45) is 5.73 Å². The number of carbonyl (C=O) groups excluding carboxylic acids is 1. The number of alkyl halides is 2. The number of hydrogen-bond donors (Lipinski definition) is 2. The second kappa shape index (κ2) is 8.18. The van der Waals surface area contributed by atoms with E-state index in [4.69, 9.17) is 22.1 Å². The Morgan fingerprint density at radius 1 is 1.45 bits per heavy atom. The van der Waals surface area contributed by atoms with Crippen LogP contribution in [0.2, 0.25) is 5.02 Å². The van der Waals surface area contributed by atoms with Crippen LogP contribution in [0.1, 0.15) is 0 Å². The van der Waals surface area contributed by atoms with Gasteiger partial charge in [-0.25, -0.2) is 13.2 Å². The molecule has 1 aromatic carbocycles. The number of rotatable bonds is 6. The molecule has 0 bridgehead atoms. The van der Waals surface area contributed by atoms with Gasteiger partial charge in [0.1, 0.15) is 11.6 Å².